The molecule has 0 aliphatic heterocycles. The quantitative estimate of drug-likeness (QED) is 0.242. The molecule has 41 heavy (non-hydrogen) atoms. The molecule has 1 amide bonds. The van der Waals surface area contributed by atoms with E-state index in [1.807, 2.05) is 0 Å². The van der Waals surface area contributed by atoms with Crippen molar-refractivity contribution < 1.29 is 40.7 Å². The number of benzene rings is 2. The molecule has 15 heteroatoms. The van der Waals surface area contributed by atoms with Crippen LogP contribution in [0.4, 0.5) is 26.3 Å². The molecule has 0 atom stereocenters. The van der Waals surface area contributed by atoms with Gasteiger partial charge >= 0.3 is 18.3 Å². The predicted octanol–water partition coefficient (Wildman–Crippen LogP) is 4.65. The molecular formula is C26H24F6N6O3. The van der Waals surface area contributed by atoms with Crippen molar-refractivity contribution in [2.45, 2.75) is 19.3 Å². The first-order chi connectivity index (χ1) is 19.4. The van der Waals surface area contributed by atoms with E-state index < -0.39 is 46.7 Å². The summed E-state index contributed by atoms with van der Waals surface area (Å²) in [5, 5.41) is 9.23. The molecule has 0 fully saturated rings. The highest BCUT2D eigenvalue weighted by Crippen LogP contribution is 2.32. The van der Waals surface area contributed by atoms with Gasteiger partial charge < -0.3 is 15.8 Å². The molecule has 4 rings (SSSR count). The number of esters is 1. The zero-order valence-electron chi connectivity index (χ0n) is 21.4. The van der Waals surface area contributed by atoms with Gasteiger partial charge in [0.2, 0.25) is 0 Å². The van der Waals surface area contributed by atoms with E-state index >= 15 is 0 Å². The van der Waals surface area contributed by atoms with E-state index in [9.17, 15) is 35.9 Å². The highest BCUT2D eigenvalue weighted by molar-refractivity contribution is 5.95. The van der Waals surface area contributed by atoms with Gasteiger partial charge in [-0.15, -0.1) is 0 Å². The van der Waals surface area contributed by atoms with E-state index in [2.05, 4.69) is 20.3 Å². The van der Waals surface area contributed by atoms with E-state index in [1.54, 1.807) is 60.7 Å². The van der Waals surface area contributed by atoms with Gasteiger partial charge in [-0.25, -0.2) is 14.2 Å². The van der Waals surface area contributed by atoms with Crippen molar-refractivity contribution in [3.8, 4) is 11.4 Å². The lowest BCUT2D eigenvalue weighted by molar-refractivity contribution is -0.142. The summed E-state index contributed by atoms with van der Waals surface area (Å²) in [6, 6.07) is 16.5. The molecule has 0 bridgehead atoms. The van der Waals surface area contributed by atoms with Crippen LogP contribution in [0.3, 0.4) is 0 Å². The average molecular weight is 583 g/mol. The van der Waals surface area contributed by atoms with Crippen LogP contribution in [0.15, 0.2) is 73.1 Å². The van der Waals surface area contributed by atoms with Crippen molar-refractivity contribution >= 4 is 11.9 Å². The van der Waals surface area contributed by atoms with Crippen LogP contribution in [0.25, 0.3) is 11.4 Å². The molecule has 0 saturated heterocycles. The van der Waals surface area contributed by atoms with Crippen molar-refractivity contribution in [3.63, 3.8) is 0 Å². The molecule has 9 nitrogen and oxygen atoms in total. The lowest BCUT2D eigenvalue weighted by Gasteiger charge is -2.06. The molecule has 3 N–H and O–H groups in total. The first kappa shape index (κ1) is 30.9. The molecule has 2 aromatic heterocycles. The Hall–Kier alpha value is -4.66. The van der Waals surface area contributed by atoms with Crippen LogP contribution in [-0.2, 0) is 17.1 Å². The highest BCUT2D eigenvalue weighted by Gasteiger charge is 2.40. The molecule has 0 saturated carbocycles. The fourth-order valence-corrected chi connectivity index (χ4v) is 3.40. The topological polar surface area (TPSA) is 117 Å². The fourth-order valence-electron chi connectivity index (χ4n) is 3.40. The average Bonchev–Trinajstić information content (AvgIpc) is 3.60. The van der Waals surface area contributed by atoms with E-state index in [1.165, 1.54) is 6.92 Å². The predicted molar refractivity (Wildman–Crippen MR) is 134 cm³/mol. The minimum absolute atomic E-state index is 0.00729. The van der Waals surface area contributed by atoms with Crippen molar-refractivity contribution in [1.29, 1.82) is 0 Å². The van der Waals surface area contributed by atoms with E-state index in [4.69, 9.17) is 5.73 Å². The van der Waals surface area contributed by atoms with E-state index in [-0.39, 0.29) is 19.7 Å². The second-order valence-corrected chi connectivity index (χ2v) is 8.10. The van der Waals surface area contributed by atoms with Gasteiger partial charge in [-0.05, 0) is 31.2 Å². The van der Waals surface area contributed by atoms with Gasteiger partial charge in [-0.2, -0.15) is 36.5 Å². The molecule has 2 heterocycles. The number of aromatic nitrogens is 4. The Labute approximate surface area is 229 Å². The van der Waals surface area contributed by atoms with Gasteiger partial charge in [0.1, 0.15) is 5.56 Å². The molecule has 0 spiro atoms. The normalized spacial score (nSPS) is 11.4. The third-order valence-corrected chi connectivity index (χ3v) is 5.18. The van der Waals surface area contributed by atoms with E-state index in [0.717, 1.165) is 21.8 Å². The summed E-state index contributed by atoms with van der Waals surface area (Å²) in [7, 11) is 0. The Bertz CT molecular complexity index is 1450. The Morgan fingerprint density at radius 2 is 1.24 bits per heavy atom. The Balaban J connectivity index is 0.000000226. The number of alkyl halides is 6. The zero-order valence-corrected chi connectivity index (χ0v) is 21.4. The number of nitrogens with two attached hydrogens (primary N) is 1. The number of ether oxygens (including phenoxy) is 1. The first-order valence-corrected chi connectivity index (χ1v) is 12.0. The summed E-state index contributed by atoms with van der Waals surface area (Å²) in [5.74, 6) is -1.89. The number of nitrogens with zero attached hydrogens (tertiary/aromatic N) is 4. The smallest absolute Gasteiger partial charge is 0.436 e. The zero-order chi connectivity index (χ0) is 30.2. The molecule has 0 radical (unpaired) electrons. The Morgan fingerprint density at radius 1 is 0.805 bits per heavy atom. The number of nitrogens with one attached hydrogen (secondary N) is 1. The minimum atomic E-state index is -4.72. The monoisotopic (exact) mass is 582 g/mol. The second-order valence-electron chi connectivity index (χ2n) is 8.10. The number of para-hydroxylation sites is 2. The number of amides is 1. The van der Waals surface area contributed by atoms with Gasteiger partial charge in [0.05, 0.1) is 23.5 Å². The summed E-state index contributed by atoms with van der Waals surface area (Å²) in [6.07, 6.45) is -7.35. The van der Waals surface area contributed by atoms with Crippen LogP contribution in [0.1, 0.15) is 39.0 Å². The lowest BCUT2D eigenvalue weighted by Crippen LogP contribution is -2.30. The maximum absolute atomic E-state index is 13.0. The number of carbonyl (C=O) groups excluding carboxylic acids is 2. The van der Waals surface area contributed by atoms with Crippen LogP contribution in [0.2, 0.25) is 0 Å². The molecule has 0 aliphatic carbocycles. The number of rotatable bonds is 7. The lowest BCUT2D eigenvalue weighted by atomic mass is 10.2. The molecule has 2 aromatic carbocycles. The highest BCUT2D eigenvalue weighted by atomic mass is 19.4. The second kappa shape index (κ2) is 13.1. The molecule has 4 aromatic rings. The van der Waals surface area contributed by atoms with E-state index in [0.29, 0.717) is 11.4 Å². The maximum atomic E-state index is 13.0. The van der Waals surface area contributed by atoms with Gasteiger partial charge in [0, 0.05) is 25.5 Å². The summed E-state index contributed by atoms with van der Waals surface area (Å²) >= 11 is 0. The molecule has 0 aliphatic rings. The fraction of sp³-hybridized carbons (Fsp3) is 0.231. The standard InChI is InChI=1S/C13H13F3N4O.C13H11F3N2O2/c14-13(15,16)11-10(12(21)18-7-6-17)8-20(19-11)9-4-2-1-3-5-9;1-2-20-12(19)10-8-18(9-6-4-3-5-7-9)17-11(10)13(14,15)16/h1-5,8H,6-7,17H2,(H,18,21);3-8H,2H2,1H3. The number of carbonyl (C=O) groups is 2. The summed E-state index contributed by atoms with van der Waals surface area (Å²) in [6.45, 7) is 1.74. The minimum Gasteiger partial charge on any atom is -0.462 e. The van der Waals surface area contributed by atoms with Crippen molar-refractivity contribution in [2.75, 3.05) is 19.7 Å². The van der Waals surface area contributed by atoms with Crippen molar-refractivity contribution in [2.24, 2.45) is 5.73 Å². The molecular weight excluding hydrogens is 558 g/mol. The summed E-state index contributed by atoms with van der Waals surface area (Å²) in [5.41, 5.74) is 2.48. The van der Waals surface area contributed by atoms with Crippen molar-refractivity contribution in [3.05, 3.63) is 95.6 Å². The number of halogens is 6. The third-order valence-electron chi connectivity index (χ3n) is 5.18. The molecule has 0 unspecified atom stereocenters. The largest absolute Gasteiger partial charge is 0.462 e. The first-order valence-electron chi connectivity index (χ1n) is 12.0. The van der Waals surface area contributed by atoms with Gasteiger partial charge in [0.15, 0.2) is 11.4 Å². The summed E-state index contributed by atoms with van der Waals surface area (Å²) in [4.78, 5) is 23.4. The molecule has 218 valence electrons. The maximum Gasteiger partial charge on any atom is 0.436 e. The van der Waals surface area contributed by atoms with Crippen LogP contribution in [-0.4, -0.2) is 51.1 Å². The third kappa shape index (κ3) is 7.94. The summed E-state index contributed by atoms with van der Waals surface area (Å²) < 4.78 is 84.3. The SMILES string of the molecule is CCOC(=O)c1cn(-c2ccccc2)nc1C(F)(F)F.NCCNC(=O)c1cn(-c2ccccc2)nc1C(F)(F)F. The number of hydrogen-bond acceptors (Lipinski definition) is 6. The van der Waals surface area contributed by atoms with Crippen LogP contribution in [0.5, 0.6) is 0 Å². The number of hydrogen-bond donors (Lipinski definition) is 2. The van der Waals surface area contributed by atoms with Crippen molar-refractivity contribution in [1.82, 2.24) is 24.9 Å². The van der Waals surface area contributed by atoms with Gasteiger partial charge in [-0.1, -0.05) is 36.4 Å². The van der Waals surface area contributed by atoms with Gasteiger partial charge in [0.25, 0.3) is 5.91 Å². The van der Waals surface area contributed by atoms with Crippen LogP contribution >= 0.6 is 0 Å². The Morgan fingerprint density at radius 3 is 1.66 bits per heavy atom. The van der Waals surface area contributed by atoms with Crippen LogP contribution < -0.4 is 11.1 Å². The van der Waals surface area contributed by atoms with Gasteiger partial charge in [-0.3, -0.25) is 4.79 Å². The Kier molecular flexibility index (Phi) is 9.89. The van der Waals surface area contributed by atoms with Crippen LogP contribution in [0, 0.1) is 0 Å².